The van der Waals surface area contributed by atoms with Gasteiger partial charge in [0.2, 0.25) is 0 Å². The lowest BCUT2D eigenvalue weighted by Crippen LogP contribution is -2.18. The maximum Gasteiger partial charge on any atom is 0.433 e. The third kappa shape index (κ3) is 3.03. The number of benzene rings is 1. The minimum Gasteiger partial charge on any atom is -0.453 e. The number of alkyl halides is 3. The summed E-state index contributed by atoms with van der Waals surface area (Å²) in [5, 5.41) is 0.446. The van der Waals surface area contributed by atoms with Crippen LogP contribution in [-0.4, -0.2) is 4.98 Å². The average molecular weight is 445 g/mol. The number of fused-ring (bicyclic) bond motifs is 1. The quantitative estimate of drug-likeness (QED) is 0.405. The Bertz CT molecular complexity index is 892. The lowest BCUT2D eigenvalue weighted by atomic mass is 9.90. The Morgan fingerprint density at radius 3 is 2.21 bits per heavy atom. The SMILES string of the molecule is CC(C)(C)c1nc(C(F)(F)F)cc2c(I)c(-c3ccccc3)oc12. The zero-order valence-electron chi connectivity index (χ0n) is 13.3. The molecule has 6 heteroatoms. The van der Waals surface area contributed by atoms with E-state index in [1.54, 1.807) is 0 Å². The van der Waals surface area contributed by atoms with Crippen LogP contribution in [0.25, 0.3) is 22.3 Å². The summed E-state index contributed by atoms with van der Waals surface area (Å²) in [5.41, 5.74) is 0.0879. The summed E-state index contributed by atoms with van der Waals surface area (Å²) in [6, 6.07) is 10.4. The lowest BCUT2D eigenvalue weighted by molar-refractivity contribution is -0.141. The molecule has 0 atom stereocenters. The first-order valence-electron chi connectivity index (χ1n) is 7.35. The Labute approximate surface area is 151 Å². The minimum atomic E-state index is -4.50. The first-order chi connectivity index (χ1) is 11.1. The Morgan fingerprint density at radius 2 is 1.67 bits per heavy atom. The Hall–Kier alpha value is -1.57. The van der Waals surface area contributed by atoms with E-state index in [1.165, 1.54) is 0 Å². The van der Waals surface area contributed by atoms with Gasteiger partial charge in [0, 0.05) is 16.4 Å². The van der Waals surface area contributed by atoms with E-state index in [-0.39, 0.29) is 0 Å². The second-order valence-corrected chi connectivity index (χ2v) is 7.67. The maximum absolute atomic E-state index is 13.2. The zero-order chi connectivity index (χ0) is 17.7. The molecule has 0 unspecified atom stereocenters. The number of rotatable bonds is 1. The van der Waals surface area contributed by atoms with Gasteiger partial charge < -0.3 is 4.42 Å². The molecule has 0 saturated carbocycles. The summed E-state index contributed by atoms with van der Waals surface area (Å²) in [5.74, 6) is 0.567. The molecule has 2 heterocycles. The van der Waals surface area contributed by atoms with E-state index in [4.69, 9.17) is 4.42 Å². The number of halogens is 4. The molecule has 0 saturated heterocycles. The number of furan rings is 1. The molecule has 3 aromatic rings. The molecule has 126 valence electrons. The molecule has 0 bridgehead atoms. The first-order valence-corrected chi connectivity index (χ1v) is 8.43. The van der Waals surface area contributed by atoms with Crippen molar-refractivity contribution in [3.05, 3.63) is 51.4 Å². The smallest absolute Gasteiger partial charge is 0.433 e. The fourth-order valence-corrected chi connectivity index (χ4v) is 3.32. The van der Waals surface area contributed by atoms with Crippen molar-refractivity contribution in [2.75, 3.05) is 0 Å². The predicted molar refractivity (Wildman–Crippen MR) is 95.9 cm³/mol. The standard InChI is InChI=1S/C18H15F3INO/c1-17(2,3)16-15-11(9-12(23-16)18(19,20)21)13(22)14(24-15)10-7-5-4-6-8-10/h4-9H,1-3H3. The fraction of sp³-hybridized carbons (Fsp3) is 0.278. The zero-order valence-corrected chi connectivity index (χ0v) is 15.5. The number of hydrogen-bond acceptors (Lipinski definition) is 2. The second-order valence-electron chi connectivity index (χ2n) is 6.59. The van der Waals surface area contributed by atoms with Gasteiger partial charge in [-0.25, -0.2) is 4.98 Å². The summed E-state index contributed by atoms with van der Waals surface area (Å²) < 4.78 is 46.4. The molecule has 2 nitrogen and oxygen atoms in total. The highest BCUT2D eigenvalue weighted by molar-refractivity contribution is 14.1. The van der Waals surface area contributed by atoms with Gasteiger partial charge in [-0.15, -0.1) is 0 Å². The molecular formula is C18H15F3INO. The molecule has 0 spiro atoms. The van der Waals surface area contributed by atoms with Crippen LogP contribution in [0, 0.1) is 3.57 Å². The summed E-state index contributed by atoms with van der Waals surface area (Å²) in [6.45, 7) is 5.48. The highest BCUT2D eigenvalue weighted by Crippen LogP contribution is 2.41. The molecule has 0 aliphatic rings. The van der Waals surface area contributed by atoms with Crippen molar-refractivity contribution in [3.63, 3.8) is 0 Å². The molecule has 0 N–H and O–H groups in total. The van der Waals surface area contributed by atoms with Crippen LogP contribution < -0.4 is 0 Å². The van der Waals surface area contributed by atoms with Crippen molar-refractivity contribution >= 4 is 33.6 Å². The molecule has 1 aromatic carbocycles. The van der Waals surface area contributed by atoms with Gasteiger partial charge in [0.15, 0.2) is 5.58 Å². The number of nitrogens with zero attached hydrogens (tertiary/aromatic N) is 1. The van der Waals surface area contributed by atoms with Gasteiger partial charge >= 0.3 is 6.18 Å². The van der Waals surface area contributed by atoms with Crippen molar-refractivity contribution in [3.8, 4) is 11.3 Å². The van der Waals surface area contributed by atoms with Crippen LogP contribution in [0.1, 0.15) is 32.2 Å². The van der Waals surface area contributed by atoms with Crippen molar-refractivity contribution in [1.29, 1.82) is 0 Å². The summed E-state index contributed by atoms with van der Waals surface area (Å²) in [6.07, 6.45) is -4.50. The minimum absolute atomic E-state index is 0.312. The van der Waals surface area contributed by atoms with Crippen LogP contribution in [0.4, 0.5) is 13.2 Å². The molecule has 0 aliphatic heterocycles. The van der Waals surface area contributed by atoms with Crippen molar-refractivity contribution in [2.24, 2.45) is 0 Å². The molecule has 3 rings (SSSR count). The van der Waals surface area contributed by atoms with Crippen LogP contribution in [0.3, 0.4) is 0 Å². The van der Waals surface area contributed by atoms with Gasteiger partial charge in [0.1, 0.15) is 11.5 Å². The van der Waals surface area contributed by atoms with E-state index in [1.807, 2.05) is 73.7 Å². The lowest BCUT2D eigenvalue weighted by Gasteiger charge is -2.19. The molecule has 24 heavy (non-hydrogen) atoms. The van der Waals surface area contributed by atoms with Gasteiger partial charge in [0.05, 0.1) is 9.26 Å². The van der Waals surface area contributed by atoms with Crippen LogP contribution in [-0.2, 0) is 11.6 Å². The molecule has 0 amide bonds. The number of aromatic nitrogens is 1. The highest BCUT2D eigenvalue weighted by Gasteiger charge is 2.36. The monoisotopic (exact) mass is 445 g/mol. The first kappa shape index (κ1) is 17.3. The molecule has 0 fully saturated rings. The Balaban J connectivity index is 2.37. The van der Waals surface area contributed by atoms with E-state index in [0.29, 0.717) is 26.0 Å². The Morgan fingerprint density at radius 1 is 1.04 bits per heavy atom. The third-order valence-electron chi connectivity index (χ3n) is 3.65. The fourth-order valence-electron chi connectivity index (χ4n) is 2.50. The molecule has 0 radical (unpaired) electrons. The normalized spacial score (nSPS) is 12.8. The van der Waals surface area contributed by atoms with E-state index in [0.717, 1.165) is 11.6 Å². The van der Waals surface area contributed by atoms with Gasteiger partial charge in [0.25, 0.3) is 0 Å². The Kier molecular flexibility index (Phi) is 4.14. The summed E-state index contributed by atoms with van der Waals surface area (Å²) >= 11 is 2.04. The van der Waals surface area contributed by atoms with E-state index in [2.05, 4.69) is 4.98 Å². The third-order valence-corrected chi connectivity index (χ3v) is 4.72. The van der Waals surface area contributed by atoms with Crippen molar-refractivity contribution in [1.82, 2.24) is 4.98 Å². The second kappa shape index (κ2) is 5.75. The van der Waals surface area contributed by atoms with Crippen LogP contribution in [0.5, 0.6) is 0 Å². The van der Waals surface area contributed by atoms with E-state index < -0.39 is 17.3 Å². The molecular weight excluding hydrogens is 430 g/mol. The molecule has 2 aromatic heterocycles. The maximum atomic E-state index is 13.2. The van der Waals surface area contributed by atoms with Gasteiger partial charge in [-0.2, -0.15) is 13.2 Å². The van der Waals surface area contributed by atoms with Gasteiger partial charge in [-0.3, -0.25) is 0 Å². The van der Waals surface area contributed by atoms with Crippen molar-refractivity contribution in [2.45, 2.75) is 32.4 Å². The summed E-state index contributed by atoms with van der Waals surface area (Å²) in [4.78, 5) is 3.87. The van der Waals surface area contributed by atoms with Crippen LogP contribution in [0.15, 0.2) is 40.8 Å². The topological polar surface area (TPSA) is 26.0 Å². The van der Waals surface area contributed by atoms with Gasteiger partial charge in [-0.05, 0) is 28.7 Å². The van der Waals surface area contributed by atoms with Crippen LogP contribution >= 0.6 is 22.6 Å². The number of hydrogen-bond donors (Lipinski definition) is 0. The average Bonchev–Trinajstić information content (AvgIpc) is 2.83. The van der Waals surface area contributed by atoms with Gasteiger partial charge in [-0.1, -0.05) is 51.1 Å². The summed E-state index contributed by atoms with van der Waals surface area (Å²) in [7, 11) is 0. The highest BCUT2D eigenvalue weighted by atomic mass is 127. The largest absolute Gasteiger partial charge is 0.453 e. The van der Waals surface area contributed by atoms with E-state index >= 15 is 0 Å². The predicted octanol–water partition coefficient (Wildman–Crippen LogP) is 6.42. The molecule has 0 aliphatic carbocycles. The van der Waals surface area contributed by atoms with Crippen LogP contribution in [0.2, 0.25) is 0 Å². The number of pyridine rings is 1. The van der Waals surface area contributed by atoms with Crippen molar-refractivity contribution < 1.29 is 17.6 Å². The van der Waals surface area contributed by atoms with E-state index in [9.17, 15) is 13.2 Å².